The van der Waals surface area contributed by atoms with Crippen LogP contribution in [0.1, 0.15) is 31.2 Å². The number of hydrogen-bond acceptors (Lipinski definition) is 2. The third kappa shape index (κ3) is 4.02. The third-order valence-electron chi connectivity index (χ3n) is 3.35. The van der Waals surface area contributed by atoms with Crippen molar-refractivity contribution < 1.29 is 0 Å². The molecule has 0 radical (unpaired) electrons. The summed E-state index contributed by atoms with van der Waals surface area (Å²) in [6, 6.07) is 4.68. The van der Waals surface area contributed by atoms with E-state index in [0.29, 0.717) is 6.04 Å². The van der Waals surface area contributed by atoms with Gasteiger partial charge in [-0.3, -0.25) is 9.98 Å². The van der Waals surface area contributed by atoms with Crippen molar-refractivity contribution in [2.75, 3.05) is 13.6 Å². The fourth-order valence-corrected chi connectivity index (χ4v) is 2.33. The molecule has 2 rings (SSSR count). The molecule has 0 amide bonds. The lowest BCUT2D eigenvalue weighted by molar-refractivity contribution is 0.613. The van der Waals surface area contributed by atoms with Gasteiger partial charge in [0.15, 0.2) is 5.96 Å². The minimum Gasteiger partial charge on any atom is -0.356 e. The molecule has 0 aliphatic heterocycles. The minimum atomic E-state index is 0.606. The van der Waals surface area contributed by atoms with Crippen LogP contribution in [-0.4, -0.2) is 30.6 Å². The van der Waals surface area contributed by atoms with Gasteiger partial charge in [0.05, 0.1) is 0 Å². The molecule has 1 fully saturated rings. The SMILES string of the molecule is CN=C(NCCc1cccnc1)NC1CCCC1. The Morgan fingerprint density at radius 3 is 2.94 bits per heavy atom. The number of rotatable bonds is 4. The number of aliphatic imine (C=N–C) groups is 1. The number of nitrogens with zero attached hydrogens (tertiary/aromatic N) is 2. The van der Waals surface area contributed by atoms with Crippen molar-refractivity contribution in [1.29, 1.82) is 0 Å². The zero-order valence-corrected chi connectivity index (χ0v) is 11.0. The van der Waals surface area contributed by atoms with E-state index in [2.05, 4.69) is 26.7 Å². The van der Waals surface area contributed by atoms with Crippen LogP contribution in [0.2, 0.25) is 0 Å². The molecule has 1 saturated carbocycles. The van der Waals surface area contributed by atoms with E-state index in [0.717, 1.165) is 18.9 Å². The van der Waals surface area contributed by atoms with Gasteiger partial charge in [0.25, 0.3) is 0 Å². The van der Waals surface area contributed by atoms with Gasteiger partial charge >= 0.3 is 0 Å². The van der Waals surface area contributed by atoms with Crippen LogP contribution in [-0.2, 0) is 6.42 Å². The number of hydrogen-bond donors (Lipinski definition) is 2. The van der Waals surface area contributed by atoms with E-state index in [1.165, 1.54) is 31.2 Å². The molecular weight excluding hydrogens is 224 g/mol. The lowest BCUT2D eigenvalue weighted by Gasteiger charge is -2.16. The predicted molar refractivity (Wildman–Crippen MR) is 74.7 cm³/mol. The molecule has 0 saturated heterocycles. The molecule has 0 atom stereocenters. The van der Waals surface area contributed by atoms with Gasteiger partial charge in [-0.2, -0.15) is 0 Å². The molecule has 98 valence electrons. The highest BCUT2D eigenvalue weighted by molar-refractivity contribution is 5.79. The van der Waals surface area contributed by atoms with Crippen LogP contribution in [0, 0.1) is 0 Å². The Labute approximate surface area is 109 Å². The highest BCUT2D eigenvalue weighted by Gasteiger charge is 2.15. The Kier molecular flexibility index (Phi) is 5.00. The minimum absolute atomic E-state index is 0.606. The summed E-state index contributed by atoms with van der Waals surface area (Å²) in [5.41, 5.74) is 1.25. The summed E-state index contributed by atoms with van der Waals surface area (Å²) in [6.07, 6.45) is 9.90. The van der Waals surface area contributed by atoms with E-state index in [4.69, 9.17) is 0 Å². The van der Waals surface area contributed by atoms with E-state index in [1.54, 1.807) is 6.20 Å². The molecule has 0 bridgehead atoms. The lowest BCUT2D eigenvalue weighted by Crippen LogP contribution is -2.42. The smallest absolute Gasteiger partial charge is 0.191 e. The summed E-state index contributed by atoms with van der Waals surface area (Å²) in [6.45, 7) is 0.887. The van der Waals surface area contributed by atoms with Crippen LogP contribution in [0.4, 0.5) is 0 Å². The Hall–Kier alpha value is -1.58. The number of guanidine groups is 1. The maximum atomic E-state index is 4.26. The third-order valence-corrected chi connectivity index (χ3v) is 3.35. The second kappa shape index (κ2) is 6.99. The van der Waals surface area contributed by atoms with Crippen molar-refractivity contribution >= 4 is 5.96 Å². The highest BCUT2D eigenvalue weighted by atomic mass is 15.2. The number of pyridine rings is 1. The molecule has 1 aliphatic rings. The fraction of sp³-hybridized carbons (Fsp3) is 0.571. The number of aromatic nitrogens is 1. The normalized spacial score (nSPS) is 16.8. The van der Waals surface area contributed by atoms with Gasteiger partial charge in [-0.1, -0.05) is 18.9 Å². The van der Waals surface area contributed by atoms with Gasteiger partial charge < -0.3 is 10.6 Å². The molecule has 1 aromatic rings. The highest BCUT2D eigenvalue weighted by Crippen LogP contribution is 2.17. The monoisotopic (exact) mass is 246 g/mol. The summed E-state index contributed by atoms with van der Waals surface area (Å²) in [5.74, 6) is 0.922. The first kappa shape index (κ1) is 12.9. The molecule has 18 heavy (non-hydrogen) atoms. The molecular formula is C14H22N4. The topological polar surface area (TPSA) is 49.3 Å². The van der Waals surface area contributed by atoms with Gasteiger partial charge in [0, 0.05) is 32.0 Å². The zero-order chi connectivity index (χ0) is 12.6. The summed E-state index contributed by atoms with van der Waals surface area (Å²) >= 11 is 0. The average molecular weight is 246 g/mol. The van der Waals surface area contributed by atoms with Crippen LogP contribution >= 0.6 is 0 Å². The first-order chi connectivity index (χ1) is 8.88. The summed E-state index contributed by atoms with van der Waals surface area (Å²) in [7, 11) is 1.83. The molecule has 0 unspecified atom stereocenters. The molecule has 1 aromatic heterocycles. The van der Waals surface area contributed by atoms with Crippen molar-refractivity contribution in [1.82, 2.24) is 15.6 Å². The van der Waals surface area contributed by atoms with E-state index in [-0.39, 0.29) is 0 Å². The Bertz CT molecular complexity index is 369. The molecule has 4 heteroatoms. The largest absolute Gasteiger partial charge is 0.356 e. The second-order valence-electron chi connectivity index (χ2n) is 4.74. The predicted octanol–water partition coefficient (Wildman–Crippen LogP) is 1.73. The van der Waals surface area contributed by atoms with Crippen molar-refractivity contribution in [2.24, 2.45) is 4.99 Å². The van der Waals surface area contributed by atoms with Crippen molar-refractivity contribution in [3.8, 4) is 0 Å². The molecule has 0 spiro atoms. The standard InChI is InChI=1S/C14H22N4/c1-15-14(18-13-6-2-3-7-13)17-10-8-12-5-4-9-16-11-12/h4-5,9,11,13H,2-3,6-8,10H2,1H3,(H2,15,17,18). The Morgan fingerprint density at radius 2 is 2.28 bits per heavy atom. The van der Waals surface area contributed by atoms with Gasteiger partial charge in [-0.15, -0.1) is 0 Å². The quantitative estimate of drug-likeness (QED) is 0.628. The summed E-state index contributed by atoms with van der Waals surface area (Å²) < 4.78 is 0. The van der Waals surface area contributed by atoms with E-state index >= 15 is 0 Å². The van der Waals surface area contributed by atoms with Gasteiger partial charge in [-0.25, -0.2) is 0 Å². The average Bonchev–Trinajstić information content (AvgIpc) is 2.92. The van der Waals surface area contributed by atoms with E-state index in [1.807, 2.05) is 19.3 Å². The van der Waals surface area contributed by atoms with E-state index in [9.17, 15) is 0 Å². The Balaban J connectivity index is 1.70. The molecule has 0 aromatic carbocycles. The van der Waals surface area contributed by atoms with Crippen LogP contribution in [0.25, 0.3) is 0 Å². The molecule has 1 aliphatic carbocycles. The maximum absolute atomic E-state index is 4.26. The van der Waals surface area contributed by atoms with Gasteiger partial charge in [0.1, 0.15) is 0 Å². The maximum Gasteiger partial charge on any atom is 0.191 e. The first-order valence-corrected chi connectivity index (χ1v) is 6.74. The van der Waals surface area contributed by atoms with Crippen LogP contribution < -0.4 is 10.6 Å². The van der Waals surface area contributed by atoms with Gasteiger partial charge in [-0.05, 0) is 30.9 Å². The zero-order valence-electron chi connectivity index (χ0n) is 11.0. The first-order valence-electron chi connectivity index (χ1n) is 6.74. The fourth-order valence-electron chi connectivity index (χ4n) is 2.33. The molecule has 1 heterocycles. The second-order valence-corrected chi connectivity index (χ2v) is 4.74. The van der Waals surface area contributed by atoms with Crippen molar-refractivity contribution in [3.05, 3.63) is 30.1 Å². The van der Waals surface area contributed by atoms with Crippen molar-refractivity contribution in [3.63, 3.8) is 0 Å². The van der Waals surface area contributed by atoms with Crippen LogP contribution in [0.5, 0.6) is 0 Å². The summed E-state index contributed by atoms with van der Waals surface area (Å²) in [4.78, 5) is 8.37. The summed E-state index contributed by atoms with van der Waals surface area (Å²) in [5, 5.41) is 6.83. The van der Waals surface area contributed by atoms with Crippen molar-refractivity contribution in [2.45, 2.75) is 38.1 Å². The van der Waals surface area contributed by atoms with Crippen LogP contribution in [0.15, 0.2) is 29.5 Å². The molecule has 4 nitrogen and oxygen atoms in total. The van der Waals surface area contributed by atoms with Crippen LogP contribution in [0.3, 0.4) is 0 Å². The Morgan fingerprint density at radius 1 is 1.44 bits per heavy atom. The molecule has 2 N–H and O–H groups in total. The van der Waals surface area contributed by atoms with E-state index < -0.39 is 0 Å². The number of nitrogens with one attached hydrogen (secondary N) is 2. The lowest BCUT2D eigenvalue weighted by atomic mass is 10.2. The van der Waals surface area contributed by atoms with Gasteiger partial charge in [0.2, 0.25) is 0 Å².